The lowest BCUT2D eigenvalue weighted by Crippen LogP contribution is -2.10. The van der Waals surface area contributed by atoms with Gasteiger partial charge in [-0.3, -0.25) is 0 Å². The second kappa shape index (κ2) is 13.6. The molecule has 268 valence electrons. The van der Waals surface area contributed by atoms with Gasteiger partial charge in [-0.15, -0.1) is 0 Å². The number of fused-ring (bicyclic) bond motifs is 6. The van der Waals surface area contributed by atoms with E-state index in [9.17, 15) is 0 Å². The molecule has 0 saturated carbocycles. The minimum Gasteiger partial charge on any atom is -0.456 e. The molecule has 9 aromatic carbocycles. The van der Waals surface area contributed by atoms with E-state index in [-0.39, 0.29) is 0 Å². The summed E-state index contributed by atoms with van der Waals surface area (Å²) in [6, 6.07) is 75.0. The fourth-order valence-electron chi connectivity index (χ4n) is 8.36. The first-order valence-electron chi connectivity index (χ1n) is 19.3. The molecule has 2 heterocycles. The molecule has 0 aliphatic carbocycles. The van der Waals surface area contributed by atoms with E-state index in [1.165, 1.54) is 16.7 Å². The van der Waals surface area contributed by atoms with Gasteiger partial charge in [-0.25, -0.2) is 0 Å². The predicted molar refractivity (Wildman–Crippen MR) is 237 cm³/mol. The SMILES string of the molecule is c1ccc(-c2ccccc2-c2ccc(N(c3ccc(-c4ccc5oc6ccccc6c5c4)cc3)c3cccc4c3oc3c(-c5ccccc5)cccc34)cc2)cc1. The summed E-state index contributed by atoms with van der Waals surface area (Å²) >= 11 is 0. The van der Waals surface area contributed by atoms with E-state index in [2.05, 4.69) is 199 Å². The molecule has 3 nitrogen and oxygen atoms in total. The van der Waals surface area contributed by atoms with Gasteiger partial charge in [-0.1, -0.05) is 164 Å². The highest BCUT2D eigenvalue weighted by atomic mass is 16.3. The van der Waals surface area contributed by atoms with Gasteiger partial charge in [0, 0.05) is 38.5 Å². The predicted octanol–water partition coefficient (Wildman–Crippen LogP) is 15.6. The van der Waals surface area contributed by atoms with Gasteiger partial charge in [0.15, 0.2) is 5.58 Å². The van der Waals surface area contributed by atoms with Crippen molar-refractivity contribution in [1.82, 2.24) is 0 Å². The van der Waals surface area contributed by atoms with Crippen LogP contribution in [0.25, 0.3) is 88.4 Å². The van der Waals surface area contributed by atoms with Crippen LogP contribution in [0, 0.1) is 0 Å². The molecule has 0 atom stereocenters. The largest absolute Gasteiger partial charge is 0.456 e. The molecule has 3 heteroatoms. The zero-order valence-corrected chi connectivity index (χ0v) is 31.0. The molecule has 0 unspecified atom stereocenters. The number of para-hydroxylation sites is 3. The molecule has 0 aliphatic rings. The molecule has 0 radical (unpaired) electrons. The normalized spacial score (nSPS) is 11.5. The highest BCUT2D eigenvalue weighted by Crippen LogP contribution is 2.45. The number of furan rings is 2. The first kappa shape index (κ1) is 32.8. The molecule has 0 fully saturated rings. The summed E-state index contributed by atoms with van der Waals surface area (Å²) in [6.45, 7) is 0. The van der Waals surface area contributed by atoms with Gasteiger partial charge in [-0.2, -0.15) is 0 Å². The summed E-state index contributed by atoms with van der Waals surface area (Å²) in [7, 11) is 0. The summed E-state index contributed by atoms with van der Waals surface area (Å²) < 4.78 is 13.1. The Hall–Kier alpha value is -7.62. The van der Waals surface area contributed by atoms with Gasteiger partial charge in [0.05, 0.1) is 5.69 Å². The van der Waals surface area contributed by atoms with Crippen molar-refractivity contribution in [2.24, 2.45) is 0 Å². The first-order valence-corrected chi connectivity index (χ1v) is 19.3. The van der Waals surface area contributed by atoms with Gasteiger partial charge in [0.1, 0.15) is 16.7 Å². The van der Waals surface area contributed by atoms with E-state index in [0.29, 0.717) is 0 Å². The standard InChI is InChI=1S/C54H35NO2/c1-3-13-37(14-4-1)43-17-7-8-18-44(43)39-27-32-42(33-28-39)55(41-30-25-36(26-31-41)40-29-34-52-49(35-40)46-19-9-10-24-51(46)56-52)50-23-12-22-48-47-21-11-20-45(53(47)57-54(48)50)38-15-5-2-6-16-38/h1-35H. The molecular weight excluding hydrogens is 695 g/mol. The molecule has 0 amide bonds. The molecule has 0 saturated heterocycles. The summed E-state index contributed by atoms with van der Waals surface area (Å²) in [5.74, 6) is 0. The molecule has 0 bridgehead atoms. The number of rotatable bonds is 7. The monoisotopic (exact) mass is 729 g/mol. The second-order valence-corrected chi connectivity index (χ2v) is 14.5. The van der Waals surface area contributed by atoms with E-state index < -0.39 is 0 Å². The molecule has 0 aliphatic heterocycles. The Morgan fingerprint density at radius 1 is 0.281 bits per heavy atom. The van der Waals surface area contributed by atoms with Crippen LogP contribution in [0.1, 0.15) is 0 Å². The van der Waals surface area contributed by atoms with Gasteiger partial charge in [0.2, 0.25) is 0 Å². The minimum atomic E-state index is 0.843. The molecule has 2 aromatic heterocycles. The average Bonchev–Trinajstić information content (AvgIpc) is 3.86. The zero-order chi connectivity index (χ0) is 37.7. The second-order valence-electron chi connectivity index (χ2n) is 14.5. The number of hydrogen-bond acceptors (Lipinski definition) is 3. The van der Waals surface area contributed by atoms with Crippen LogP contribution in [0.5, 0.6) is 0 Å². The Morgan fingerprint density at radius 3 is 1.47 bits per heavy atom. The summed E-state index contributed by atoms with van der Waals surface area (Å²) in [5, 5.41) is 4.42. The Morgan fingerprint density at radius 2 is 0.772 bits per heavy atom. The number of anilines is 3. The smallest absolute Gasteiger partial charge is 0.159 e. The van der Waals surface area contributed by atoms with E-state index in [4.69, 9.17) is 8.83 Å². The molecule has 57 heavy (non-hydrogen) atoms. The van der Waals surface area contributed by atoms with Crippen molar-refractivity contribution in [2.45, 2.75) is 0 Å². The third-order valence-corrected chi connectivity index (χ3v) is 11.1. The van der Waals surface area contributed by atoms with Crippen LogP contribution < -0.4 is 4.90 Å². The molecule has 0 N–H and O–H groups in total. The Kier molecular flexibility index (Phi) is 7.82. The van der Waals surface area contributed by atoms with Crippen molar-refractivity contribution in [3.05, 3.63) is 212 Å². The first-order chi connectivity index (χ1) is 28.3. The highest BCUT2D eigenvalue weighted by Gasteiger charge is 2.21. The topological polar surface area (TPSA) is 29.5 Å². The fraction of sp³-hybridized carbons (Fsp3) is 0. The van der Waals surface area contributed by atoms with Gasteiger partial charge in [0.25, 0.3) is 0 Å². The van der Waals surface area contributed by atoms with Crippen LogP contribution in [0.4, 0.5) is 17.1 Å². The lowest BCUT2D eigenvalue weighted by Gasteiger charge is -2.26. The highest BCUT2D eigenvalue weighted by molar-refractivity contribution is 6.13. The van der Waals surface area contributed by atoms with Crippen molar-refractivity contribution < 1.29 is 8.83 Å². The van der Waals surface area contributed by atoms with Crippen molar-refractivity contribution >= 4 is 60.9 Å². The third kappa shape index (κ3) is 5.68. The number of benzene rings is 9. The van der Waals surface area contributed by atoms with Crippen LogP contribution in [-0.4, -0.2) is 0 Å². The average molecular weight is 730 g/mol. The van der Waals surface area contributed by atoms with E-state index in [1.807, 2.05) is 18.2 Å². The molecule has 0 spiro atoms. The van der Waals surface area contributed by atoms with Crippen LogP contribution in [0.15, 0.2) is 221 Å². The lowest BCUT2D eigenvalue weighted by atomic mass is 9.94. The minimum absolute atomic E-state index is 0.843. The Balaban J connectivity index is 1.05. The maximum absolute atomic E-state index is 6.96. The van der Waals surface area contributed by atoms with Crippen LogP contribution in [-0.2, 0) is 0 Å². The van der Waals surface area contributed by atoms with Gasteiger partial charge < -0.3 is 13.7 Å². The zero-order valence-electron chi connectivity index (χ0n) is 31.0. The molecule has 11 rings (SSSR count). The molecule has 11 aromatic rings. The lowest BCUT2D eigenvalue weighted by molar-refractivity contribution is 0.669. The number of nitrogens with zero attached hydrogens (tertiary/aromatic N) is 1. The quantitative estimate of drug-likeness (QED) is 0.164. The third-order valence-electron chi connectivity index (χ3n) is 11.1. The van der Waals surface area contributed by atoms with E-state index in [1.54, 1.807) is 0 Å². The van der Waals surface area contributed by atoms with Crippen LogP contribution >= 0.6 is 0 Å². The van der Waals surface area contributed by atoms with Gasteiger partial charge >= 0.3 is 0 Å². The van der Waals surface area contributed by atoms with Gasteiger partial charge in [-0.05, 0) is 87.5 Å². The maximum atomic E-state index is 6.96. The summed E-state index contributed by atoms with van der Waals surface area (Å²) in [6.07, 6.45) is 0. The van der Waals surface area contributed by atoms with Crippen molar-refractivity contribution in [2.75, 3.05) is 4.90 Å². The van der Waals surface area contributed by atoms with Crippen molar-refractivity contribution in [3.63, 3.8) is 0 Å². The Bertz CT molecular complexity index is 3210. The van der Waals surface area contributed by atoms with Crippen molar-refractivity contribution in [1.29, 1.82) is 0 Å². The summed E-state index contributed by atoms with van der Waals surface area (Å²) in [5.41, 5.74) is 15.8. The summed E-state index contributed by atoms with van der Waals surface area (Å²) in [4.78, 5) is 2.32. The van der Waals surface area contributed by atoms with Crippen molar-refractivity contribution in [3.8, 4) is 44.5 Å². The van der Waals surface area contributed by atoms with Crippen LogP contribution in [0.2, 0.25) is 0 Å². The fourth-order valence-corrected chi connectivity index (χ4v) is 8.36. The van der Waals surface area contributed by atoms with Crippen LogP contribution in [0.3, 0.4) is 0 Å². The maximum Gasteiger partial charge on any atom is 0.159 e. The Labute approximate surface area is 330 Å². The van der Waals surface area contributed by atoms with E-state index in [0.717, 1.165) is 88.8 Å². The van der Waals surface area contributed by atoms with E-state index >= 15 is 0 Å². The number of hydrogen-bond donors (Lipinski definition) is 0. The molecular formula is C54H35NO2.